The van der Waals surface area contributed by atoms with Crippen molar-refractivity contribution in [2.45, 2.75) is 19.3 Å². The van der Waals surface area contributed by atoms with Crippen LogP contribution in [0.5, 0.6) is 0 Å². The number of para-hydroxylation sites is 1. The molecule has 0 radical (unpaired) electrons. The molecule has 4 aromatic rings. The number of nitrogens with zero attached hydrogens (tertiary/aromatic N) is 2. The summed E-state index contributed by atoms with van der Waals surface area (Å²) in [4.78, 5) is 27.8. The topological polar surface area (TPSA) is 54.3 Å². The van der Waals surface area contributed by atoms with E-state index in [0.717, 1.165) is 29.1 Å². The third-order valence-electron chi connectivity index (χ3n) is 6.10. The summed E-state index contributed by atoms with van der Waals surface area (Å²) in [5, 5.41) is 2.35. The van der Waals surface area contributed by atoms with E-state index in [4.69, 9.17) is 11.6 Å². The molecule has 0 saturated carbocycles. The van der Waals surface area contributed by atoms with E-state index in [-0.39, 0.29) is 28.2 Å². The maximum Gasteiger partial charge on any atom is 0.417 e. The highest BCUT2D eigenvalue weighted by atomic mass is 35.5. The second kappa shape index (κ2) is 9.40. The number of carbonyl (C=O) groups excluding carboxylic acids is 2. The third-order valence-corrected chi connectivity index (χ3v) is 6.41. The van der Waals surface area contributed by atoms with Gasteiger partial charge in [0.1, 0.15) is 5.82 Å². The first-order valence-electron chi connectivity index (χ1n) is 11.1. The molecular formula is C27H18ClF4N3O2. The van der Waals surface area contributed by atoms with Gasteiger partial charge in [-0.05, 0) is 60.2 Å². The minimum absolute atomic E-state index is 0.00932. The summed E-state index contributed by atoms with van der Waals surface area (Å²) in [5.74, 6) is -2.58. The number of anilines is 2. The van der Waals surface area contributed by atoms with E-state index in [1.807, 2.05) is 42.6 Å². The fraction of sp³-hybridized carbons (Fsp3) is 0.111. The average Bonchev–Trinajstić information content (AvgIpc) is 3.22. The van der Waals surface area contributed by atoms with Crippen LogP contribution in [0, 0.1) is 5.82 Å². The largest absolute Gasteiger partial charge is 0.417 e. The molecule has 1 aliphatic heterocycles. The lowest BCUT2D eigenvalue weighted by Crippen LogP contribution is -2.30. The van der Waals surface area contributed by atoms with E-state index in [0.29, 0.717) is 13.1 Å². The molecule has 1 aromatic heterocycles. The summed E-state index contributed by atoms with van der Waals surface area (Å²) in [6, 6.07) is 17.2. The van der Waals surface area contributed by atoms with Gasteiger partial charge in [-0.1, -0.05) is 29.8 Å². The first-order chi connectivity index (χ1) is 17.6. The predicted molar refractivity (Wildman–Crippen MR) is 131 cm³/mol. The Hall–Kier alpha value is -4.11. The molecule has 0 fully saturated rings. The maximum atomic E-state index is 13.6. The van der Waals surface area contributed by atoms with Crippen LogP contribution in [0.3, 0.4) is 0 Å². The van der Waals surface area contributed by atoms with Gasteiger partial charge in [-0.2, -0.15) is 13.2 Å². The van der Waals surface area contributed by atoms with Crippen LogP contribution in [0.25, 0.3) is 0 Å². The van der Waals surface area contributed by atoms with Crippen molar-refractivity contribution in [1.29, 1.82) is 0 Å². The van der Waals surface area contributed by atoms with Gasteiger partial charge in [0.25, 0.3) is 11.8 Å². The molecule has 0 bridgehead atoms. The molecule has 0 unspecified atom stereocenters. The van der Waals surface area contributed by atoms with Gasteiger partial charge < -0.3 is 14.8 Å². The van der Waals surface area contributed by atoms with Crippen LogP contribution in [0.1, 0.15) is 37.5 Å². The summed E-state index contributed by atoms with van der Waals surface area (Å²) in [6.07, 6.45) is -2.98. The average molecular weight is 528 g/mol. The molecule has 5 rings (SSSR count). The van der Waals surface area contributed by atoms with Crippen molar-refractivity contribution in [3.05, 3.63) is 118 Å². The van der Waals surface area contributed by atoms with Gasteiger partial charge in [-0.15, -0.1) is 0 Å². The van der Waals surface area contributed by atoms with Crippen molar-refractivity contribution in [3.8, 4) is 0 Å². The van der Waals surface area contributed by atoms with Gasteiger partial charge in [0.05, 0.1) is 28.3 Å². The molecule has 5 nitrogen and oxygen atoms in total. The van der Waals surface area contributed by atoms with Crippen LogP contribution in [-0.4, -0.2) is 16.4 Å². The lowest BCUT2D eigenvalue weighted by molar-refractivity contribution is -0.138. The van der Waals surface area contributed by atoms with E-state index in [1.54, 1.807) is 4.90 Å². The van der Waals surface area contributed by atoms with Gasteiger partial charge in [0, 0.05) is 29.8 Å². The van der Waals surface area contributed by atoms with Crippen molar-refractivity contribution in [1.82, 2.24) is 4.57 Å². The number of aromatic nitrogens is 1. The third kappa shape index (κ3) is 4.82. The SMILES string of the molecule is O=C(Nc1ccc(C(=O)N2Cc3cccn3Cc3ccccc32)c(Cl)c1)c1ccc(F)cc1C(F)(F)F. The van der Waals surface area contributed by atoms with Crippen LogP contribution in [-0.2, 0) is 19.3 Å². The molecule has 0 spiro atoms. The van der Waals surface area contributed by atoms with Crippen LogP contribution in [0.15, 0.2) is 79.0 Å². The minimum atomic E-state index is -4.92. The van der Waals surface area contributed by atoms with Crippen LogP contribution < -0.4 is 10.2 Å². The normalized spacial score (nSPS) is 12.9. The summed E-state index contributed by atoms with van der Waals surface area (Å²) in [7, 11) is 0. The van der Waals surface area contributed by atoms with Gasteiger partial charge in [-0.25, -0.2) is 4.39 Å². The monoisotopic (exact) mass is 527 g/mol. The Bertz CT molecular complexity index is 1530. The number of benzene rings is 3. The Kier molecular flexibility index (Phi) is 6.25. The zero-order chi connectivity index (χ0) is 26.3. The summed E-state index contributed by atoms with van der Waals surface area (Å²) in [5.41, 5.74) is 0.721. The number of rotatable bonds is 3. The Morgan fingerprint density at radius 2 is 1.65 bits per heavy atom. The smallest absolute Gasteiger partial charge is 0.345 e. The summed E-state index contributed by atoms with van der Waals surface area (Å²) < 4.78 is 55.4. The lowest BCUT2D eigenvalue weighted by Gasteiger charge is -2.23. The number of nitrogens with one attached hydrogen (secondary N) is 1. The number of hydrogen-bond donors (Lipinski definition) is 1. The molecule has 0 aliphatic carbocycles. The van der Waals surface area contributed by atoms with Gasteiger partial charge in [0.15, 0.2) is 0 Å². The molecule has 37 heavy (non-hydrogen) atoms. The second-order valence-corrected chi connectivity index (χ2v) is 8.89. The number of fused-ring (bicyclic) bond motifs is 2. The Morgan fingerprint density at radius 3 is 2.41 bits per heavy atom. The Labute approximate surface area is 213 Å². The molecule has 0 saturated heterocycles. The van der Waals surface area contributed by atoms with Crippen molar-refractivity contribution < 1.29 is 27.2 Å². The molecule has 2 amide bonds. The van der Waals surface area contributed by atoms with Crippen molar-refractivity contribution in [2.24, 2.45) is 0 Å². The number of hydrogen-bond acceptors (Lipinski definition) is 2. The maximum absolute atomic E-state index is 13.6. The highest BCUT2D eigenvalue weighted by Crippen LogP contribution is 2.34. The zero-order valence-electron chi connectivity index (χ0n) is 19.0. The fourth-order valence-corrected chi connectivity index (χ4v) is 4.59. The summed E-state index contributed by atoms with van der Waals surface area (Å²) >= 11 is 6.41. The summed E-state index contributed by atoms with van der Waals surface area (Å²) in [6.45, 7) is 0.909. The molecule has 0 atom stereocenters. The molecule has 2 heterocycles. The molecule has 188 valence electrons. The van der Waals surface area contributed by atoms with Crippen molar-refractivity contribution >= 4 is 34.8 Å². The molecule has 1 N–H and O–H groups in total. The molecular weight excluding hydrogens is 510 g/mol. The van der Waals surface area contributed by atoms with Crippen molar-refractivity contribution in [3.63, 3.8) is 0 Å². The fourth-order valence-electron chi connectivity index (χ4n) is 4.33. The highest BCUT2D eigenvalue weighted by Gasteiger charge is 2.36. The van der Waals surface area contributed by atoms with E-state index < -0.39 is 29.0 Å². The standard InChI is InChI=1S/C27H18ClF4N3O2/c28-23-13-18(33-25(36)20-9-7-17(29)12-22(20)27(30,31)32)8-10-21(23)26(37)35-15-19-5-3-11-34(19)14-16-4-1-2-6-24(16)35/h1-13H,14-15H2,(H,33,36). The van der Waals surface area contributed by atoms with E-state index in [9.17, 15) is 27.2 Å². The quantitative estimate of drug-likeness (QED) is 0.299. The number of carbonyl (C=O) groups is 2. The van der Waals surface area contributed by atoms with E-state index in [2.05, 4.69) is 9.88 Å². The van der Waals surface area contributed by atoms with E-state index >= 15 is 0 Å². The second-order valence-electron chi connectivity index (χ2n) is 8.48. The van der Waals surface area contributed by atoms with Gasteiger partial charge in [0.2, 0.25) is 0 Å². The highest BCUT2D eigenvalue weighted by molar-refractivity contribution is 6.35. The number of alkyl halides is 3. The van der Waals surface area contributed by atoms with Crippen molar-refractivity contribution in [2.75, 3.05) is 10.2 Å². The Balaban J connectivity index is 1.42. The van der Waals surface area contributed by atoms with Crippen LogP contribution in [0.4, 0.5) is 28.9 Å². The number of amides is 2. The molecule has 10 heteroatoms. The van der Waals surface area contributed by atoms with Crippen LogP contribution >= 0.6 is 11.6 Å². The zero-order valence-corrected chi connectivity index (χ0v) is 19.8. The first kappa shape index (κ1) is 24.6. The lowest BCUT2D eigenvalue weighted by atomic mass is 10.1. The predicted octanol–water partition coefficient (Wildman–Crippen LogP) is 6.76. The van der Waals surface area contributed by atoms with Crippen LogP contribution in [0.2, 0.25) is 5.02 Å². The minimum Gasteiger partial charge on any atom is -0.345 e. The van der Waals surface area contributed by atoms with E-state index in [1.165, 1.54) is 18.2 Å². The molecule has 3 aromatic carbocycles. The first-order valence-corrected chi connectivity index (χ1v) is 11.5. The van der Waals surface area contributed by atoms with Gasteiger partial charge in [-0.3, -0.25) is 9.59 Å². The number of halogens is 5. The van der Waals surface area contributed by atoms with Gasteiger partial charge >= 0.3 is 6.18 Å². The Morgan fingerprint density at radius 1 is 0.892 bits per heavy atom. The molecule has 1 aliphatic rings.